The Hall–Kier alpha value is -2.43. The van der Waals surface area contributed by atoms with Crippen LogP contribution in [0.4, 0.5) is 10.2 Å². The summed E-state index contributed by atoms with van der Waals surface area (Å²) in [7, 11) is 1.89. The molecule has 18 heavy (non-hydrogen) atoms. The van der Waals surface area contributed by atoms with Crippen LogP contribution in [-0.4, -0.2) is 14.5 Å². The van der Waals surface area contributed by atoms with E-state index in [-0.39, 0.29) is 5.82 Å². The van der Waals surface area contributed by atoms with E-state index in [4.69, 9.17) is 5.73 Å². The van der Waals surface area contributed by atoms with E-state index < -0.39 is 0 Å². The van der Waals surface area contributed by atoms with E-state index >= 15 is 0 Å². The molecule has 2 heterocycles. The first-order valence-corrected chi connectivity index (χ1v) is 5.49. The van der Waals surface area contributed by atoms with Crippen molar-refractivity contribution in [3.63, 3.8) is 0 Å². The van der Waals surface area contributed by atoms with Gasteiger partial charge in [-0.05, 0) is 30.3 Å². The van der Waals surface area contributed by atoms with Gasteiger partial charge in [0.15, 0.2) is 5.82 Å². The van der Waals surface area contributed by atoms with E-state index in [0.717, 1.165) is 16.6 Å². The van der Waals surface area contributed by atoms with Gasteiger partial charge in [0.2, 0.25) is 0 Å². The highest BCUT2D eigenvalue weighted by Gasteiger charge is 2.09. The van der Waals surface area contributed by atoms with E-state index in [1.807, 2.05) is 23.9 Å². The molecule has 0 bridgehead atoms. The standard InChI is InChI=1S/C13H11FN4/c1-18-7-6-10-11(15)16-12(17-13(10)18)8-2-4-9(14)5-3-8/h2-7H,1H3,(H2,15,16,17). The third kappa shape index (κ3) is 1.60. The maximum atomic E-state index is 12.9. The van der Waals surface area contributed by atoms with E-state index in [2.05, 4.69) is 9.97 Å². The largest absolute Gasteiger partial charge is 0.383 e. The Labute approximate surface area is 103 Å². The molecule has 4 nitrogen and oxygen atoms in total. The SMILES string of the molecule is Cn1ccc2c(N)nc(-c3ccc(F)cc3)nc21. The highest BCUT2D eigenvalue weighted by atomic mass is 19.1. The van der Waals surface area contributed by atoms with Crippen LogP contribution in [0.5, 0.6) is 0 Å². The third-order valence-corrected chi connectivity index (χ3v) is 2.86. The van der Waals surface area contributed by atoms with Gasteiger partial charge in [-0.25, -0.2) is 14.4 Å². The first kappa shape index (κ1) is 10.7. The number of nitrogens with zero attached hydrogens (tertiary/aromatic N) is 3. The lowest BCUT2D eigenvalue weighted by atomic mass is 10.2. The fourth-order valence-electron chi connectivity index (χ4n) is 1.89. The molecule has 0 aliphatic heterocycles. The van der Waals surface area contributed by atoms with Crippen LogP contribution in [0.15, 0.2) is 36.5 Å². The van der Waals surface area contributed by atoms with Crippen LogP contribution in [0, 0.1) is 5.82 Å². The second-order valence-electron chi connectivity index (χ2n) is 4.10. The molecule has 0 spiro atoms. The topological polar surface area (TPSA) is 56.7 Å². The van der Waals surface area contributed by atoms with Gasteiger partial charge in [-0.3, -0.25) is 0 Å². The Balaban J connectivity index is 2.23. The van der Waals surface area contributed by atoms with E-state index in [0.29, 0.717) is 11.6 Å². The number of anilines is 1. The molecule has 0 atom stereocenters. The molecule has 3 aromatic rings. The van der Waals surface area contributed by atoms with Crippen molar-refractivity contribution in [1.82, 2.24) is 14.5 Å². The van der Waals surface area contributed by atoms with Gasteiger partial charge >= 0.3 is 0 Å². The highest BCUT2D eigenvalue weighted by Crippen LogP contribution is 2.23. The molecule has 2 aromatic heterocycles. The van der Waals surface area contributed by atoms with Gasteiger partial charge in [0.25, 0.3) is 0 Å². The first-order valence-electron chi connectivity index (χ1n) is 5.49. The van der Waals surface area contributed by atoms with Crippen LogP contribution < -0.4 is 5.73 Å². The van der Waals surface area contributed by atoms with Crippen LogP contribution in [0.25, 0.3) is 22.4 Å². The van der Waals surface area contributed by atoms with Crippen LogP contribution >= 0.6 is 0 Å². The van der Waals surface area contributed by atoms with Crippen molar-refractivity contribution >= 4 is 16.9 Å². The Morgan fingerprint density at radius 3 is 2.56 bits per heavy atom. The summed E-state index contributed by atoms with van der Waals surface area (Å²) >= 11 is 0. The summed E-state index contributed by atoms with van der Waals surface area (Å²) in [5.41, 5.74) is 7.41. The van der Waals surface area contributed by atoms with Gasteiger partial charge in [0, 0.05) is 18.8 Å². The van der Waals surface area contributed by atoms with Crippen molar-refractivity contribution in [3.05, 3.63) is 42.3 Å². The number of hydrogen-bond acceptors (Lipinski definition) is 3. The fraction of sp³-hybridized carbons (Fsp3) is 0.0769. The van der Waals surface area contributed by atoms with E-state index in [1.54, 1.807) is 12.1 Å². The summed E-state index contributed by atoms with van der Waals surface area (Å²) < 4.78 is 14.8. The number of benzene rings is 1. The minimum atomic E-state index is -0.285. The molecule has 0 unspecified atom stereocenters. The summed E-state index contributed by atoms with van der Waals surface area (Å²) in [6, 6.07) is 7.91. The Morgan fingerprint density at radius 1 is 1.11 bits per heavy atom. The average molecular weight is 242 g/mol. The molecule has 0 aliphatic rings. The minimum Gasteiger partial charge on any atom is -0.383 e. The Kier molecular flexibility index (Phi) is 2.26. The van der Waals surface area contributed by atoms with Gasteiger partial charge in [-0.15, -0.1) is 0 Å². The summed E-state index contributed by atoms with van der Waals surface area (Å²) in [5, 5.41) is 0.823. The van der Waals surface area contributed by atoms with Gasteiger partial charge in [0.1, 0.15) is 17.3 Å². The molecule has 1 aromatic carbocycles. The lowest BCUT2D eigenvalue weighted by Gasteiger charge is -2.04. The zero-order valence-electron chi connectivity index (χ0n) is 9.76. The Bertz CT molecular complexity index is 716. The monoisotopic (exact) mass is 242 g/mol. The van der Waals surface area contributed by atoms with Crippen molar-refractivity contribution in [2.24, 2.45) is 7.05 Å². The highest BCUT2D eigenvalue weighted by molar-refractivity contribution is 5.87. The second-order valence-corrected chi connectivity index (χ2v) is 4.10. The number of aromatic nitrogens is 3. The molecule has 90 valence electrons. The molecule has 3 rings (SSSR count). The van der Waals surface area contributed by atoms with Crippen molar-refractivity contribution in [2.45, 2.75) is 0 Å². The number of rotatable bonds is 1. The molecule has 0 aliphatic carbocycles. The molecule has 0 radical (unpaired) electrons. The summed E-state index contributed by atoms with van der Waals surface area (Å²) in [5.74, 6) is 0.647. The number of nitrogens with two attached hydrogens (primary N) is 1. The third-order valence-electron chi connectivity index (χ3n) is 2.86. The number of nitrogen functional groups attached to an aromatic ring is 1. The molecular weight excluding hydrogens is 231 g/mol. The molecule has 0 amide bonds. The zero-order chi connectivity index (χ0) is 12.7. The lowest BCUT2D eigenvalue weighted by Crippen LogP contribution is -1.99. The van der Waals surface area contributed by atoms with E-state index in [1.165, 1.54) is 12.1 Å². The van der Waals surface area contributed by atoms with Gasteiger partial charge < -0.3 is 10.3 Å². The number of aryl methyl sites for hydroxylation is 1. The second kappa shape index (κ2) is 3.80. The molecule has 0 saturated carbocycles. The maximum absolute atomic E-state index is 12.9. The van der Waals surface area contributed by atoms with Crippen molar-refractivity contribution in [1.29, 1.82) is 0 Å². The number of halogens is 1. The fourth-order valence-corrected chi connectivity index (χ4v) is 1.89. The first-order chi connectivity index (χ1) is 8.65. The summed E-state index contributed by atoms with van der Waals surface area (Å²) in [6.45, 7) is 0. The van der Waals surface area contributed by atoms with Crippen LogP contribution in [-0.2, 0) is 7.05 Å². The quantitative estimate of drug-likeness (QED) is 0.712. The summed E-state index contributed by atoms with van der Waals surface area (Å²) in [4.78, 5) is 8.69. The lowest BCUT2D eigenvalue weighted by molar-refractivity contribution is 0.628. The van der Waals surface area contributed by atoms with Crippen LogP contribution in [0.2, 0.25) is 0 Å². The minimum absolute atomic E-state index is 0.285. The van der Waals surface area contributed by atoms with Gasteiger partial charge in [-0.2, -0.15) is 0 Å². The molecular formula is C13H11FN4. The predicted octanol–water partition coefficient (Wildman–Crippen LogP) is 2.36. The molecule has 5 heteroatoms. The predicted molar refractivity (Wildman–Crippen MR) is 68.3 cm³/mol. The van der Waals surface area contributed by atoms with Gasteiger partial charge in [-0.1, -0.05) is 0 Å². The van der Waals surface area contributed by atoms with Crippen molar-refractivity contribution in [2.75, 3.05) is 5.73 Å². The van der Waals surface area contributed by atoms with E-state index in [9.17, 15) is 4.39 Å². The summed E-state index contributed by atoms with van der Waals surface area (Å²) in [6.07, 6.45) is 1.88. The van der Waals surface area contributed by atoms with Crippen molar-refractivity contribution < 1.29 is 4.39 Å². The maximum Gasteiger partial charge on any atom is 0.163 e. The molecule has 0 saturated heterocycles. The van der Waals surface area contributed by atoms with Crippen molar-refractivity contribution in [3.8, 4) is 11.4 Å². The zero-order valence-corrected chi connectivity index (χ0v) is 9.76. The Morgan fingerprint density at radius 2 is 1.83 bits per heavy atom. The smallest absolute Gasteiger partial charge is 0.163 e. The number of fused-ring (bicyclic) bond motifs is 1. The van der Waals surface area contributed by atoms with Crippen LogP contribution in [0.1, 0.15) is 0 Å². The number of hydrogen-bond donors (Lipinski definition) is 1. The average Bonchev–Trinajstić information content (AvgIpc) is 2.73. The van der Waals surface area contributed by atoms with Crippen LogP contribution in [0.3, 0.4) is 0 Å². The molecule has 0 fully saturated rings. The normalized spacial score (nSPS) is 11.0. The van der Waals surface area contributed by atoms with Gasteiger partial charge in [0.05, 0.1) is 5.39 Å². The molecule has 2 N–H and O–H groups in total.